The third-order valence-corrected chi connectivity index (χ3v) is 1.88. The SMILES string of the molecule is Cc1cc(C(N)C(C)C)ncn1. The second-order valence-electron chi connectivity index (χ2n) is 3.35. The van der Waals surface area contributed by atoms with Crippen molar-refractivity contribution in [1.29, 1.82) is 0 Å². The largest absolute Gasteiger partial charge is 0.322 e. The van der Waals surface area contributed by atoms with Crippen molar-refractivity contribution in [1.82, 2.24) is 9.97 Å². The Hall–Kier alpha value is -0.960. The van der Waals surface area contributed by atoms with Crippen LogP contribution in [0, 0.1) is 12.8 Å². The maximum Gasteiger partial charge on any atom is 0.115 e. The summed E-state index contributed by atoms with van der Waals surface area (Å²) in [6, 6.07) is 1.96. The number of hydrogen-bond donors (Lipinski definition) is 1. The van der Waals surface area contributed by atoms with E-state index >= 15 is 0 Å². The van der Waals surface area contributed by atoms with Crippen molar-refractivity contribution in [2.45, 2.75) is 26.8 Å². The molecule has 0 radical (unpaired) electrons. The van der Waals surface area contributed by atoms with Gasteiger partial charge in [0.05, 0.1) is 5.69 Å². The first-order chi connectivity index (χ1) is 5.61. The molecule has 0 saturated heterocycles. The van der Waals surface area contributed by atoms with Crippen LogP contribution in [0.25, 0.3) is 0 Å². The molecule has 0 amide bonds. The van der Waals surface area contributed by atoms with E-state index in [1.165, 1.54) is 0 Å². The van der Waals surface area contributed by atoms with Gasteiger partial charge >= 0.3 is 0 Å². The molecule has 1 heterocycles. The zero-order valence-corrected chi connectivity index (χ0v) is 7.78. The smallest absolute Gasteiger partial charge is 0.115 e. The minimum Gasteiger partial charge on any atom is -0.322 e. The van der Waals surface area contributed by atoms with Crippen molar-refractivity contribution in [2.75, 3.05) is 0 Å². The van der Waals surface area contributed by atoms with Gasteiger partial charge in [-0.15, -0.1) is 0 Å². The zero-order chi connectivity index (χ0) is 9.14. The fourth-order valence-corrected chi connectivity index (χ4v) is 0.999. The van der Waals surface area contributed by atoms with Gasteiger partial charge in [0.1, 0.15) is 6.33 Å². The van der Waals surface area contributed by atoms with Crippen LogP contribution in [0.3, 0.4) is 0 Å². The van der Waals surface area contributed by atoms with Crippen LogP contribution in [-0.2, 0) is 0 Å². The molecular formula is C9H15N3. The van der Waals surface area contributed by atoms with Crippen LogP contribution in [0.1, 0.15) is 31.3 Å². The molecule has 1 rings (SSSR count). The van der Waals surface area contributed by atoms with Gasteiger partial charge in [-0.2, -0.15) is 0 Å². The first kappa shape index (κ1) is 9.13. The van der Waals surface area contributed by atoms with E-state index in [9.17, 15) is 0 Å². The average Bonchev–Trinajstić information content (AvgIpc) is 2.03. The third-order valence-electron chi connectivity index (χ3n) is 1.88. The maximum atomic E-state index is 5.92. The Bertz CT molecular complexity index is 258. The van der Waals surface area contributed by atoms with Crippen molar-refractivity contribution in [3.05, 3.63) is 23.8 Å². The van der Waals surface area contributed by atoms with Crippen molar-refractivity contribution in [3.8, 4) is 0 Å². The monoisotopic (exact) mass is 165 g/mol. The fraction of sp³-hybridized carbons (Fsp3) is 0.556. The van der Waals surface area contributed by atoms with Crippen LogP contribution in [-0.4, -0.2) is 9.97 Å². The molecule has 12 heavy (non-hydrogen) atoms. The summed E-state index contributed by atoms with van der Waals surface area (Å²) in [5, 5.41) is 0. The Morgan fingerprint density at radius 1 is 1.33 bits per heavy atom. The summed E-state index contributed by atoms with van der Waals surface area (Å²) >= 11 is 0. The Labute approximate surface area is 73.0 Å². The number of rotatable bonds is 2. The fourth-order valence-electron chi connectivity index (χ4n) is 0.999. The van der Waals surface area contributed by atoms with E-state index in [4.69, 9.17) is 5.73 Å². The second kappa shape index (κ2) is 3.63. The Balaban J connectivity index is 2.88. The lowest BCUT2D eigenvalue weighted by Crippen LogP contribution is -2.18. The molecule has 3 heteroatoms. The molecule has 1 aromatic heterocycles. The molecule has 0 bridgehead atoms. The van der Waals surface area contributed by atoms with Crippen LogP contribution < -0.4 is 5.73 Å². The maximum absolute atomic E-state index is 5.92. The number of nitrogens with zero attached hydrogens (tertiary/aromatic N) is 2. The molecule has 66 valence electrons. The number of aromatic nitrogens is 2. The number of aryl methyl sites for hydroxylation is 1. The van der Waals surface area contributed by atoms with Gasteiger partial charge in [0, 0.05) is 11.7 Å². The molecular weight excluding hydrogens is 150 g/mol. The second-order valence-corrected chi connectivity index (χ2v) is 3.35. The molecule has 0 spiro atoms. The van der Waals surface area contributed by atoms with E-state index in [0.29, 0.717) is 5.92 Å². The zero-order valence-electron chi connectivity index (χ0n) is 7.78. The molecule has 1 aromatic rings. The highest BCUT2D eigenvalue weighted by Gasteiger charge is 2.11. The minimum atomic E-state index is 0.0201. The van der Waals surface area contributed by atoms with Crippen molar-refractivity contribution >= 4 is 0 Å². The normalized spacial score (nSPS) is 13.4. The Kier molecular flexibility index (Phi) is 2.76. The first-order valence-corrected chi connectivity index (χ1v) is 4.15. The van der Waals surface area contributed by atoms with Gasteiger partial charge < -0.3 is 5.73 Å². The summed E-state index contributed by atoms with van der Waals surface area (Å²) in [6.45, 7) is 6.11. The van der Waals surface area contributed by atoms with Crippen molar-refractivity contribution in [3.63, 3.8) is 0 Å². The summed E-state index contributed by atoms with van der Waals surface area (Å²) in [5.74, 6) is 0.416. The lowest BCUT2D eigenvalue weighted by molar-refractivity contribution is 0.501. The van der Waals surface area contributed by atoms with E-state index in [1.54, 1.807) is 6.33 Å². The van der Waals surface area contributed by atoms with Gasteiger partial charge in [-0.3, -0.25) is 0 Å². The van der Waals surface area contributed by atoms with Gasteiger partial charge in [0.2, 0.25) is 0 Å². The summed E-state index contributed by atoms with van der Waals surface area (Å²) in [5.41, 5.74) is 7.81. The lowest BCUT2D eigenvalue weighted by atomic mass is 10.0. The molecule has 3 nitrogen and oxygen atoms in total. The van der Waals surface area contributed by atoms with Gasteiger partial charge in [-0.25, -0.2) is 9.97 Å². The number of hydrogen-bond acceptors (Lipinski definition) is 3. The average molecular weight is 165 g/mol. The van der Waals surface area contributed by atoms with Crippen LogP contribution in [0.15, 0.2) is 12.4 Å². The number of nitrogens with two attached hydrogens (primary N) is 1. The van der Waals surface area contributed by atoms with E-state index in [2.05, 4.69) is 23.8 Å². The molecule has 2 N–H and O–H groups in total. The van der Waals surface area contributed by atoms with Crippen molar-refractivity contribution < 1.29 is 0 Å². The van der Waals surface area contributed by atoms with Crippen LogP contribution in [0.2, 0.25) is 0 Å². The quantitative estimate of drug-likeness (QED) is 0.721. The molecule has 0 aliphatic carbocycles. The molecule has 1 atom stereocenters. The van der Waals surface area contributed by atoms with E-state index in [1.807, 2.05) is 13.0 Å². The van der Waals surface area contributed by atoms with Crippen LogP contribution >= 0.6 is 0 Å². The summed E-state index contributed by atoms with van der Waals surface area (Å²) < 4.78 is 0. The highest BCUT2D eigenvalue weighted by Crippen LogP contribution is 2.15. The summed E-state index contributed by atoms with van der Waals surface area (Å²) in [4.78, 5) is 8.14. The summed E-state index contributed by atoms with van der Waals surface area (Å²) in [6.07, 6.45) is 1.56. The van der Waals surface area contributed by atoms with E-state index < -0.39 is 0 Å². The lowest BCUT2D eigenvalue weighted by Gasteiger charge is -2.14. The summed E-state index contributed by atoms with van der Waals surface area (Å²) in [7, 11) is 0. The molecule has 0 aliphatic rings. The molecule has 0 saturated carbocycles. The Morgan fingerprint density at radius 3 is 2.50 bits per heavy atom. The first-order valence-electron chi connectivity index (χ1n) is 4.15. The van der Waals surface area contributed by atoms with E-state index in [-0.39, 0.29) is 6.04 Å². The predicted molar refractivity (Wildman–Crippen MR) is 48.5 cm³/mol. The van der Waals surface area contributed by atoms with Crippen LogP contribution in [0.4, 0.5) is 0 Å². The molecule has 1 unspecified atom stereocenters. The van der Waals surface area contributed by atoms with Gasteiger partial charge in [-0.05, 0) is 18.9 Å². The highest BCUT2D eigenvalue weighted by molar-refractivity contribution is 5.10. The minimum absolute atomic E-state index is 0.0201. The molecule has 0 aromatic carbocycles. The standard InChI is InChI=1S/C9H15N3/c1-6(2)9(10)8-4-7(3)11-5-12-8/h4-6,9H,10H2,1-3H3. The van der Waals surface area contributed by atoms with Crippen molar-refractivity contribution in [2.24, 2.45) is 11.7 Å². The Morgan fingerprint density at radius 2 is 2.00 bits per heavy atom. The van der Waals surface area contributed by atoms with Gasteiger partial charge in [0.25, 0.3) is 0 Å². The molecule has 0 aliphatic heterocycles. The third kappa shape index (κ3) is 2.01. The predicted octanol–water partition coefficient (Wildman–Crippen LogP) is 1.44. The van der Waals surface area contributed by atoms with E-state index in [0.717, 1.165) is 11.4 Å². The molecule has 0 fully saturated rings. The van der Waals surface area contributed by atoms with Gasteiger partial charge in [-0.1, -0.05) is 13.8 Å². The highest BCUT2D eigenvalue weighted by atomic mass is 14.9. The van der Waals surface area contributed by atoms with Crippen LogP contribution in [0.5, 0.6) is 0 Å². The topological polar surface area (TPSA) is 51.8 Å². The van der Waals surface area contributed by atoms with Gasteiger partial charge in [0.15, 0.2) is 0 Å².